The third-order valence-electron chi connectivity index (χ3n) is 2.63. The fourth-order valence-electron chi connectivity index (χ4n) is 1.74. The molecule has 0 saturated heterocycles. The molecule has 1 aromatic heterocycles. The molecule has 0 bridgehead atoms. The minimum absolute atomic E-state index is 0.124. The lowest BCUT2D eigenvalue weighted by molar-refractivity contribution is 0.619. The summed E-state index contributed by atoms with van der Waals surface area (Å²) >= 11 is 3.19. The summed E-state index contributed by atoms with van der Waals surface area (Å²) in [6.07, 6.45) is 3.41. The number of imidazole rings is 1. The lowest BCUT2D eigenvalue weighted by Crippen LogP contribution is -2.11. The summed E-state index contributed by atoms with van der Waals surface area (Å²) in [5, 5.41) is 0. The first kappa shape index (κ1) is 12.3. The quantitative estimate of drug-likeness (QED) is 0.926. The zero-order valence-electron chi connectivity index (χ0n) is 9.61. The zero-order valence-corrected chi connectivity index (χ0v) is 11.2. The van der Waals surface area contributed by atoms with Crippen LogP contribution in [0.5, 0.6) is 0 Å². The summed E-state index contributed by atoms with van der Waals surface area (Å²) < 4.78 is 15.7. The largest absolute Gasteiger partial charge is 0.323 e. The monoisotopic (exact) mass is 297 g/mol. The number of nitrogens with two attached hydrogens (primary N) is 1. The van der Waals surface area contributed by atoms with E-state index in [4.69, 9.17) is 5.73 Å². The number of nitrogens with zero attached hydrogens (tertiary/aromatic N) is 2. The SMILES string of the molecule is Cc1cc(F)c(Br)cc1-n1cncc1[C@@H](C)N. The van der Waals surface area contributed by atoms with Gasteiger partial charge in [-0.2, -0.15) is 0 Å². The Kier molecular flexibility index (Phi) is 3.31. The molecule has 17 heavy (non-hydrogen) atoms. The fraction of sp³-hybridized carbons (Fsp3) is 0.250. The Balaban J connectivity index is 2.60. The number of aromatic nitrogens is 2. The van der Waals surface area contributed by atoms with Gasteiger partial charge in [0.25, 0.3) is 0 Å². The molecule has 0 radical (unpaired) electrons. The molecule has 0 fully saturated rings. The molecule has 0 saturated carbocycles. The van der Waals surface area contributed by atoms with Crippen molar-refractivity contribution in [3.63, 3.8) is 0 Å². The highest BCUT2D eigenvalue weighted by atomic mass is 79.9. The van der Waals surface area contributed by atoms with Gasteiger partial charge in [-0.1, -0.05) is 0 Å². The van der Waals surface area contributed by atoms with Crippen molar-refractivity contribution < 1.29 is 4.39 Å². The number of halogens is 2. The van der Waals surface area contributed by atoms with Gasteiger partial charge in [0.05, 0.1) is 28.4 Å². The van der Waals surface area contributed by atoms with Crippen LogP contribution in [-0.4, -0.2) is 9.55 Å². The van der Waals surface area contributed by atoms with E-state index in [2.05, 4.69) is 20.9 Å². The Morgan fingerprint density at radius 1 is 1.47 bits per heavy atom. The Labute approximate surface area is 108 Å². The van der Waals surface area contributed by atoms with E-state index in [-0.39, 0.29) is 11.9 Å². The van der Waals surface area contributed by atoms with Crippen LogP contribution in [0.2, 0.25) is 0 Å². The number of benzene rings is 1. The number of aryl methyl sites for hydroxylation is 1. The van der Waals surface area contributed by atoms with Crippen LogP contribution in [-0.2, 0) is 0 Å². The third kappa shape index (κ3) is 2.25. The van der Waals surface area contributed by atoms with Crippen LogP contribution in [0.4, 0.5) is 4.39 Å². The smallest absolute Gasteiger partial charge is 0.137 e. The average Bonchev–Trinajstić information content (AvgIpc) is 2.72. The Morgan fingerprint density at radius 2 is 2.18 bits per heavy atom. The number of hydrogen-bond acceptors (Lipinski definition) is 2. The third-order valence-corrected chi connectivity index (χ3v) is 3.24. The molecule has 5 heteroatoms. The maximum absolute atomic E-state index is 13.4. The molecule has 3 nitrogen and oxygen atoms in total. The molecule has 2 aromatic rings. The minimum atomic E-state index is -0.270. The van der Waals surface area contributed by atoms with E-state index in [1.807, 2.05) is 18.4 Å². The van der Waals surface area contributed by atoms with Crippen molar-refractivity contribution in [1.82, 2.24) is 9.55 Å². The highest BCUT2D eigenvalue weighted by molar-refractivity contribution is 9.10. The lowest BCUT2D eigenvalue weighted by atomic mass is 10.1. The topological polar surface area (TPSA) is 43.8 Å². The molecule has 0 amide bonds. The first-order valence-electron chi connectivity index (χ1n) is 5.24. The fourth-order valence-corrected chi connectivity index (χ4v) is 2.07. The predicted octanol–water partition coefficient (Wildman–Crippen LogP) is 3.10. The summed E-state index contributed by atoms with van der Waals surface area (Å²) in [7, 11) is 0. The zero-order chi connectivity index (χ0) is 12.6. The molecule has 1 atom stereocenters. The second-order valence-corrected chi connectivity index (χ2v) is 4.88. The van der Waals surface area contributed by atoms with Crippen LogP contribution in [0.3, 0.4) is 0 Å². The van der Waals surface area contributed by atoms with Crippen molar-refractivity contribution in [2.24, 2.45) is 5.73 Å². The second-order valence-electron chi connectivity index (χ2n) is 4.03. The van der Waals surface area contributed by atoms with Crippen molar-refractivity contribution in [1.29, 1.82) is 0 Å². The van der Waals surface area contributed by atoms with Crippen LogP contribution in [0.15, 0.2) is 29.1 Å². The Bertz CT molecular complexity index is 549. The van der Waals surface area contributed by atoms with Gasteiger partial charge < -0.3 is 10.3 Å². The molecule has 1 heterocycles. The lowest BCUT2D eigenvalue weighted by Gasteiger charge is -2.13. The van der Waals surface area contributed by atoms with Crippen molar-refractivity contribution in [3.8, 4) is 5.69 Å². The summed E-state index contributed by atoms with van der Waals surface area (Å²) in [6, 6.07) is 3.10. The van der Waals surface area contributed by atoms with E-state index in [9.17, 15) is 4.39 Å². The van der Waals surface area contributed by atoms with Gasteiger partial charge in [-0.3, -0.25) is 0 Å². The Hall–Kier alpha value is -1.20. The Morgan fingerprint density at radius 3 is 2.82 bits per heavy atom. The van der Waals surface area contributed by atoms with E-state index in [0.29, 0.717) is 4.47 Å². The average molecular weight is 298 g/mol. The molecule has 0 aliphatic heterocycles. The predicted molar refractivity (Wildman–Crippen MR) is 68.6 cm³/mol. The van der Waals surface area contributed by atoms with Gasteiger partial charge in [-0.05, 0) is 47.5 Å². The van der Waals surface area contributed by atoms with Gasteiger partial charge in [-0.15, -0.1) is 0 Å². The van der Waals surface area contributed by atoms with Gasteiger partial charge in [0.15, 0.2) is 0 Å². The van der Waals surface area contributed by atoms with Gasteiger partial charge >= 0.3 is 0 Å². The van der Waals surface area contributed by atoms with E-state index < -0.39 is 0 Å². The van der Waals surface area contributed by atoms with Crippen molar-refractivity contribution in [2.75, 3.05) is 0 Å². The van der Waals surface area contributed by atoms with E-state index in [1.165, 1.54) is 6.07 Å². The molecule has 0 aliphatic rings. The normalized spacial score (nSPS) is 12.8. The molecular formula is C12H13BrFN3. The minimum Gasteiger partial charge on any atom is -0.323 e. The molecule has 0 spiro atoms. The first-order valence-corrected chi connectivity index (χ1v) is 6.04. The van der Waals surface area contributed by atoms with E-state index >= 15 is 0 Å². The maximum Gasteiger partial charge on any atom is 0.137 e. The van der Waals surface area contributed by atoms with E-state index in [0.717, 1.165) is 16.9 Å². The summed E-state index contributed by atoms with van der Waals surface area (Å²) in [4.78, 5) is 4.09. The van der Waals surface area contributed by atoms with E-state index in [1.54, 1.807) is 18.6 Å². The van der Waals surface area contributed by atoms with Crippen molar-refractivity contribution in [3.05, 3.63) is 46.2 Å². The molecule has 0 unspecified atom stereocenters. The van der Waals surface area contributed by atoms with Crippen molar-refractivity contribution >= 4 is 15.9 Å². The molecular weight excluding hydrogens is 285 g/mol. The number of hydrogen-bond donors (Lipinski definition) is 1. The molecule has 2 rings (SSSR count). The highest BCUT2D eigenvalue weighted by Crippen LogP contribution is 2.25. The number of rotatable bonds is 2. The van der Waals surface area contributed by atoms with Crippen LogP contribution >= 0.6 is 15.9 Å². The van der Waals surface area contributed by atoms with Crippen LogP contribution in [0.25, 0.3) is 5.69 Å². The molecule has 90 valence electrons. The maximum atomic E-state index is 13.4. The van der Waals surface area contributed by atoms with Crippen LogP contribution in [0, 0.1) is 12.7 Å². The van der Waals surface area contributed by atoms with Gasteiger partial charge in [0, 0.05) is 6.04 Å². The van der Waals surface area contributed by atoms with Gasteiger partial charge in [0.2, 0.25) is 0 Å². The molecule has 2 N–H and O–H groups in total. The highest BCUT2D eigenvalue weighted by Gasteiger charge is 2.12. The van der Waals surface area contributed by atoms with Gasteiger partial charge in [-0.25, -0.2) is 9.37 Å². The molecule has 1 aromatic carbocycles. The summed E-state index contributed by atoms with van der Waals surface area (Å²) in [5.74, 6) is -0.270. The summed E-state index contributed by atoms with van der Waals surface area (Å²) in [5.41, 5.74) is 8.48. The van der Waals surface area contributed by atoms with Crippen LogP contribution in [0.1, 0.15) is 24.2 Å². The standard InChI is InChI=1S/C12H13BrFN3/c1-7-3-10(14)9(13)4-11(7)17-6-16-5-12(17)8(2)15/h3-6,8H,15H2,1-2H3/t8-/m1/s1. The molecule has 0 aliphatic carbocycles. The van der Waals surface area contributed by atoms with Gasteiger partial charge in [0.1, 0.15) is 5.82 Å². The van der Waals surface area contributed by atoms with Crippen molar-refractivity contribution in [2.45, 2.75) is 19.9 Å². The second kappa shape index (κ2) is 4.58. The van der Waals surface area contributed by atoms with Crippen LogP contribution < -0.4 is 5.73 Å². The summed E-state index contributed by atoms with van der Waals surface area (Å²) in [6.45, 7) is 3.75. The first-order chi connectivity index (χ1) is 8.00.